The second kappa shape index (κ2) is 14.6. The summed E-state index contributed by atoms with van der Waals surface area (Å²) in [6, 6.07) is 5.80. The molecule has 1 aliphatic carbocycles. The minimum absolute atomic E-state index is 0. The molecule has 2 aromatic carbocycles. The summed E-state index contributed by atoms with van der Waals surface area (Å²) in [6.07, 6.45) is -6.01. The van der Waals surface area contributed by atoms with Crippen molar-refractivity contribution in [1.29, 1.82) is 0 Å². The number of alkyl halides is 6. The van der Waals surface area contributed by atoms with E-state index in [1.165, 1.54) is 17.0 Å². The maximum Gasteiger partial charge on any atom is 0.416 e. The maximum atomic E-state index is 14.2. The van der Waals surface area contributed by atoms with Crippen LogP contribution in [0.4, 0.5) is 30.7 Å². The molecule has 0 radical (unpaired) electrons. The van der Waals surface area contributed by atoms with Gasteiger partial charge >= 0.3 is 12.4 Å². The Hall–Kier alpha value is -2.08. The minimum atomic E-state index is -4.96. The Balaban J connectivity index is 0.00000264. The Bertz CT molecular complexity index is 1250. The van der Waals surface area contributed by atoms with E-state index in [4.69, 9.17) is 0 Å². The molecular formula is C31H38Cl2F7N3O. The van der Waals surface area contributed by atoms with Crippen LogP contribution in [0, 0.1) is 24.6 Å². The Morgan fingerprint density at radius 1 is 0.909 bits per heavy atom. The topological polar surface area (TPSA) is 35.6 Å². The van der Waals surface area contributed by atoms with Crippen molar-refractivity contribution < 1.29 is 35.5 Å². The summed E-state index contributed by atoms with van der Waals surface area (Å²) in [4.78, 5) is 18.0. The molecule has 5 rings (SSSR count). The van der Waals surface area contributed by atoms with Gasteiger partial charge in [-0.05, 0) is 112 Å². The van der Waals surface area contributed by atoms with Crippen molar-refractivity contribution in [2.75, 3.05) is 32.7 Å². The first-order chi connectivity index (χ1) is 19.8. The van der Waals surface area contributed by atoms with Gasteiger partial charge in [0.1, 0.15) is 5.82 Å². The summed E-state index contributed by atoms with van der Waals surface area (Å²) in [7, 11) is 0. The lowest BCUT2D eigenvalue weighted by atomic mass is 9.77. The van der Waals surface area contributed by atoms with E-state index in [1.54, 1.807) is 13.0 Å². The molecule has 3 fully saturated rings. The molecule has 3 aliphatic rings. The SMILES string of the molecule is Cc1cc(F)ccc1C1CN(CC2CCNCC2)CCC1C(=O)N(Cc1cc(C(F)(F)F)cc(C(F)(F)F)c1)C1CC1.Cl.Cl. The Labute approximate surface area is 265 Å². The van der Waals surface area contributed by atoms with E-state index < -0.39 is 29.4 Å². The van der Waals surface area contributed by atoms with Gasteiger partial charge in [0, 0.05) is 37.5 Å². The standard InChI is InChI=1S/C31H36F7N3O.2ClH/c1-19-12-24(32)2-5-26(19)28-18-40(16-20-6-9-39-10-7-20)11-8-27(28)29(42)41(25-3-4-25)17-21-13-22(30(33,34)35)15-23(14-21)31(36,37)38;;/h2,5,12-15,20,25,27-28,39H,3-4,6-11,16-18H2,1H3;2*1H. The fraction of sp³-hybridized carbons (Fsp3) is 0.581. The summed E-state index contributed by atoms with van der Waals surface area (Å²) < 4.78 is 95.1. The molecule has 2 saturated heterocycles. The third-order valence-corrected chi connectivity index (χ3v) is 8.89. The molecule has 4 nitrogen and oxygen atoms in total. The van der Waals surface area contributed by atoms with Crippen LogP contribution in [-0.4, -0.2) is 54.5 Å². The lowest BCUT2D eigenvalue weighted by molar-refractivity contribution is -0.143. The van der Waals surface area contributed by atoms with E-state index in [1.807, 2.05) is 0 Å². The number of hydrogen-bond donors (Lipinski definition) is 1. The Morgan fingerprint density at radius 2 is 1.52 bits per heavy atom. The van der Waals surface area contributed by atoms with Crippen molar-refractivity contribution in [3.05, 3.63) is 70.0 Å². The Kier molecular flexibility index (Phi) is 12.0. The zero-order valence-electron chi connectivity index (χ0n) is 24.3. The van der Waals surface area contributed by atoms with E-state index in [9.17, 15) is 35.5 Å². The lowest BCUT2D eigenvalue weighted by Gasteiger charge is -2.42. The van der Waals surface area contributed by atoms with Crippen LogP contribution in [0.1, 0.15) is 65.8 Å². The molecule has 2 atom stereocenters. The molecule has 13 heteroatoms. The maximum absolute atomic E-state index is 14.2. The van der Waals surface area contributed by atoms with Crippen molar-refractivity contribution in [3.8, 4) is 0 Å². The summed E-state index contributed by atoms with van der Waals surface area (Å²) in [5, 5.41) is 3.36. The number of rotatable bonds is 7. The van der Waals surface area contributed by atoms with Crippen LogP contribution in [-0.2, 0) is 23.7 Å². The molecular weight excluding hydrogens is 634 g/mol. The van der Waals surface area contributed by atoms with Gasteiger partial charge in [0.15, 0.2) is 0 Å². The van der Waals surface area contributed by atoms with Crippen molar-refractivity contribution in [2.45, 2.75) is 69.9 Å². The molecule has 1 N–H and O–H groups in total. The number of benzene rings is 2. The van der Waals surface area contributed by atoms with E-state index in [0.29, 0.717) is 56.0 Å². The van der Waals surface area contributed by atoms with Gasteiger partial charge in [-0.3, -0.25) is 4.79 Å². The van der Waals surface area contributed by atoms with Crippen molar-refractivity contribution in [3.63, 3.8) is 0 Å². The first kappa shape index (κ1) is 36.4. The molecule has 0 aromatic heterocycles. The van der Waals surface area contributed by atoms with Gasteiger partial charge in [-0.15, -0.1) is 24.8 Å². The van der Waals surface area contributed by atoms with Crippen molar-refractivity contribution in [1.82, 2.24) is 15.1 Å². The highest BCUT2D eigenvalue weighted by Gasteiger charge is 2.43. The van der Waals surface area contributed by atoms with Gasteiger partial charge in [-0.1, -0.05) is 6.07 Å². The number of carbonyl (C=O) groups is 1. The van der Waals surface area contributed by atoms with Crippen LogP contribution < -0.4 is 5.32 Å². The van der Waals surface area contributed by atoms with Crippen LogP contribution in [0.25, 0.3) is 0 Å². The predicted octanol–water partition coefficient (Wildman–Crippen LogP) is 7.61. The van der Waals surface area contributed by atoms with Gasteiger partial charge in [0.25, 0.3) is 0 Å². The van der Waals surface area contributed by atoms with E-state index >= 15 is 0 Å². The van der Waals surface area contributed by atoms with Crippen molar-refractivity contribution >= 4 is 30.7 Å². The minimum Gasteiger partial charge on any atom is -0.335 e. The average Bonchev–Trinajstić information content (AvgIpc) is 3.76. The van der Waals surface area contributed by atoms with E-state index in [2.05, 4.69) is 10.2 Å². The smallest absolute Gasteiger partial charge is 0.335 e. The molecule has 2 heterocycles. The quantitative estimate of drug-likeness (QED) is 0.308. The number of carbonyl (C=O) groups excluding carboxylic acids is 1. The molecule has 246 valence electrons. The monoisotopic (exact) mass is 671 g/mol. The first-order valence-corrected chi connectivity index (χ1v) is 14.6. The number of amides is 1. The molecule has 0 spiro atoms. The van der Waals surface area contributed by atoms with Gasteiger partial charge in [0.2, 0.25) is 5.91 Å². The second-order valence-corrected chi connectivity index (χ2v) is 12.1. The number of aryl methyl sites for hydroxylation is 1. The van der Waals surface area contributed by atoms with Crippen LogP contribution in [0.5, 0.6) is 0 Å². The highest BCUT2D eigenvalue weighted by atomic mass is 35.5. The fourth-order valence-electron chi connectivity index (χ4n) is 6.57. The normalized spacial score (nSPS) is 21.7. The van der Waals surface area contributed by atoms with Crippen LogP contribution in [0.15, 0.2) is 36.4 Å². The lowest BCUT2D eigenvalue weighted by Crippen LogP contribution is -2.48. The fourth-order valence-corrected chi connectivity index (χ4v) is 6.57. The van der Waals surface area contributed by atoms with Gasteiger partial charge in [-0.25, -0.2) is 4.39 Å². The largest absolute Gasteiger partial charge is 0.416 e. The highest BCUT2D eigenvalue weighted by Crippen LogP contribution is 2.41. The number of likely N-dealkylation sites (tertiary alicyclic amines) is 1. The predicted molar refractivity (Wildman–Crippen MR) is 159 cm³/mol. The molecule has 44 heavy (non-hydrogen) atoms. The number of nitrogens with one attached hydrogen (secondary N) is 1. The van der Waals surface area contributed by atoms with Crippen LogP contribution in [0.2, 0.25) is 0 Å². The molecule has 1 amide bonds. The summed E-state index contributed by atoms with van der Waals surface area (Å²) in [5.41, 5.74) is -1.41. The van der Waals surface area contributed by atoms with Crippen molar-refractivity contribution in [2.24, 2.45) is 11.8 Å². The second-order valence-electron chi connectivity index (χ2n) is 12.1. The van der Waals surface area contributed by atoms with Crippen LogP contribution in [0.3, 0.4) is 0 Å². The molecule has 2 aromatic rings. The van der Waals surface area contributed by atoms with Crippen LogP contribution >= 0.6 is 24.8 Å². The zero-order valence-corrected chi connectivity index (χ0v) is 25.9. The third kappa shape index (κ3) is 8.79. The van der Waals surface area contributed by atoms with E-state index in [-0.39, 0.29) is 66.7 Å². The molecule has 2 unspecified atom stereocenters. The van der Waals surface area contributed by atoms with Gasteiger partial charge in [-0.2, -0.15) is 26.3 Å². The van der Waals surface area contributed by atoms with E-state index in [0.717, 1.165) is 38.0 Å². The average molecular weight is 673 g/mol. The van der Waals surface area contributed by atoms with Gasteiger partial charge < -0.3 is 15.1 Å². The highest BCUT2D eigenvalue weighted by molar-refractivity contribution is 5.85. The molecule has 1 saturated carbocycles. The van der Waals surface area contributed by atoms with Gasteiger partial charge in [0.05, 0.1) is 11.1 Å². The third-order valence-electron chi connectivity index (χ3n) is 8.89. The summed E-state index contributed by atoms with van der Waals surface area (Å²) >= 11 is 0. The molecule has 0 bridgehead atoms. The first-order valence-electron chi connectivity index (χ1n) is 14.6. The Morgan fingerprint density at radius 3 is 2.07 bits per heavy atom. The number of halogens is 9. The number of piperidine rings is 2. The zero-order chi connectivity index (χ0) is 30.2. The summed E-state index contributed by atoms with van der Waals surface area (Å²) in [6.45, 7) is 5.51. The molecule has 2 aliphatic heterocycles. The number of hydrogen-bond acceptors (Lipinski definition) is 3. The number of nitrogens with zero attached hydrogens (tertiary/aromatic N) is 2. The summed E-state index contributed by atoms with van der Waals surface area (Å²) in [5.74, 6) is -0.918.